The Labute approximate surface area is 113 Å². The summed E-state index contributed by atoms with van der Waals surface area (Å²) < 4.78 is 2.16. The van der Waals surface area contributed by atoms with Gasteiger partial charge in [-0.25, -0.2) is 15.0 Å². The second-order valence-corrected chi connectivity index (χ2v) is 4.66. The average molecular weight is 259 g/mol. The van der Waals surface area contributed by atoms with E-state index in [0.717, 1.165) is 43.1 Å². The highest BCUT2D eigenvalue weighted by molar-refractivity contribution is 5.31. The number of nitrogens with two attached hydrogens (primary N) is 1. The fourth-order valence-corrected chi connectivity index (χ4v) is 2.11. The first-order valence-electron chi connectivity index (χ1n) is 6.85. The highest BCUT2D eigenvalue weighted by atomic mass is 15.1. The smallest absolute Gasteiger partial charge is 0.130 e. The molecule has 0 aromatic carbocycles. The molecule has 0 aliphatic heterocycles. The van der Waals surface area contributed by atoms with Crippen molar-refractivity contribution < 1.29 is 0 Å². The first-order valence-corrected chi connectivity index (χ1v) is 6.85. The van der Waals surface area contributed by atoms with Crippen LogP contribution < -0.4 is 5.73 Å². The van der Waals surface area contributed by atoms with Gasteiger partial charge in [-0.1, -0.05) is 13.8 Å². The van der Waals surface area contributed by atoms with Crippen molar-refractivity contribution >= 4 is 5.82 Å². The van der Waals surface area contributed by atoms with E-state index < -0.39 is 0 Å². The molecule has 0 unspecified atom stereocenters. The Morgan fingerprint density at radius 1 is 1.21 bits per heavy atom. The Kier molecular flexibility index (Phi) is 4.49. The van der Waals surface area contributed by atoms with E-state index >= 15 is 0 Å². The van der Waals surface area contributed by atoms with E-state index in [1.165, 1.54) is 0 Å². The highest BCUT2D eigenvalue weighted by Crippen LogP contribution is 2.10. The maximum atomic E-state index is 5.84. The third kappa shape index (κ3) is 3.53. The number of hydrogen-bond donors (Lipinski definition) is 1. The van der Waals surface area contributed by atoms with Crippen molar-refractivity contribution in [2.75, 3.05) is 5.73 Å². The van der Waals surface area contributed by atoms with Crippen LogP contribution in [-0.2, 0) is 19.4 Å². The minimum atomic E-state index is 0.544. The van der Waals surface area contributed by atoms with Crippen molar-refractivity contribution in [3.05, 3.63) is 35.8 Å². The summed E-state index contributed by atoms with van der Waals surface area (Å²) >= 11 is 0. The first-order chi connectivity index (χ1) is 9.22. The Morgan fingerprint density at radius 3 is 2.79 bits per heavy atom. The molecule has 0 spiro atoms. The summed E-state index contributed by atoms with van der Waals surface area (Å²) in [5, 5.41) is 0. The lowest BCUT2D eigenvalue weighted by Crippen LogP contribution is -2.07. The first kappa shape index (κ1) is 13.5. The largest absolute Gasteiger partial charge is 0.384 e. The number of aromatic nitrogens is 4. The van der Waals surface area contributed by atoms with Crippen LogP contribution in [-0.4, -0.2) is 19.5 Å². The maximum Gasteiger partial charge on any atom is 0.130 e. The Balaban J connectivity index is 2.20. The van der Waals surface area contributed by atoms with Crippen LogP contribution in [0.5, 0.6) is 0 Å². The summed E-state index contributed by atoms with van der Waals surface area (Å²) in [5.41, 5.74) is 6.78. The van der Waals surface area contributed by atoms with Crippen LogP contribution in [0.1, 0.15) is 44.0 Å². The van der Waals surface area contributed by atoms with Gasteiger partial charge in [0, 0.05) is 37.8 Å². The summed E-state index contributed by atoms with van der Waals surface area (Å²) in [6.07, 6.45) is 7.53. The van der Waals surface area contributed by atoms with Crippen molar-refractivity contribution in [2.45, 2.75) is 46.1 Å². The molecule has 102 valence electrons. The second kappa shape index (κ2) is 6.31. The Morgan fingerprint density at radius 2 is 2.05 bits per heavy atom. The molecule has 2 N–H and O–H groups in total. The number of rotatable bonds is 6. The molecule has 0 atom stereocenters. The van der Waals surface area contributed by atoms with Gasteiger partial charge >= 0.3 is 0 Å². The third-order valence-corrected chi connectivity index (χ3v) is 2.92. The number of nitrogens with zero attached hydrogens (tertiary/aromatic N) is 4. The van der Waals surface area contributed by atoms with Gasteiger partial charge in [0.2, 0.25) is 0 Å². The third-order valence-electron chi connectivity index (χ3n) is 2.92. The molecule has 5 nitrogen and oxygen atoms in total. The summed E-state index contributed by atoms with van der Waals surface area (Å²) in [6.45, 7) is 5.25. The summed E-state index contributed by atoms with van der Waals surface area (Å²) in [4.78, 5) is 13.2. The Hall–Kier alpha value is -1.91. The highest BCUT2D eigenvalue weighted by Gasteiger charge is 2.07. The van der Waals surface area contributed by atoms with Crippen LogP contribution in [0.2, 0.25) is 0 Å². The summed E-state index contributed by atoms with van der Waals surface area (Å²) in [6, 6.07) is 1.84. The van der Waals surface area contributed by atoms with Crippen LogP contribution in [0.25, 0.3) is 0 Å². The van der Waals surface area contributed by atoms with Crippen LogP contribution in [0.3, 0.4) is 0 Å². The molecule has 0 fully saturated rings. The standard InChI is InChI=1S/C14H21N5/c1-3-5-13-17-11(9-12(15)18-13)10-14-16-6-8-19(14)7-4-2/h6,8-9H,3-5,7,10H2,1-2H3,(H2,15,17,18). The molecule has 0 aliphatic rings. The van der Waals surface area contributed by atoms with Gasteiger partial charge in [-0.05, 0) is 12.8 Å². The molecule has 2 aromatic rings. The zero-order valence-electron chi connectivity index (χ0n) is 11.6. The molecule has 0 aliphatic carbocycles. The quantitative estimate of drug-likeness (QED) is 0.863. The van der Waals surface area contributed by atoms with Gasteiger partial charge in [0.1, 0.15) is 17.5 Å². The van der Waals surface area contributed by atoms with Gasteiger partial charge in [0.15, 0.2) is 0 Å². The lowest BCUT2D eigenvalue weighted by molar-refractivity contribution is 0.643. The van der Waals surface area contributed by atoms with Crippen LogP contribution in [0, 0.1) is 0 Å². The van der Waals surface area contributed by atoms with E-state index in [2.05, 4.69) is 33.4 Å². The van der Waals surface area contributed by atoms with Crippen molar-refractivity contribution in [3.63, 3.8) is 0 Å². The SMILES string of the molecule is CCCc1nc(N)cc(Cc2nccn2CCC)n1. The minimum Gasteiger partial charge on any atom is -0.384 e. The fourth-order valence-electron chi connectivity index (χ4n) is 2.11. The van der Waals surface area contributed by atoms with Gasteiger partial charge in [0.25, 0.3) is 0 Å². The molecule has 19 heavy (non-hydrogen) atoms. The molecule has 5 heteroatoms. The molecule has 2 rings (SSSR count). The molecule has 0 saturated carbocycles. The molecular formula is C14H21N5. The molecule has 0 radical (unpaired) electrons. The van der Waals surface area contributed by atoms with Gasteiger partial charge in [-0.2, -0.15) is 0 Å². The van der Waals surface area contributed by atoms with Crippen LogP contribution in [0.4, 0.5) is 5.82 Å². The average Bonchev–Trinajstić information content (AvgIpc) is 2.77. The Bertz CT molecular complexity index is 532. The van der Waals surface area contributed by atoms with Gasteiger partial charge in [-0.3, -0.25) is 0 Å². The molecule has 2 heterocycles. The number of anilines is 1. The number of aryl methyl sites for hydroxylation is 2. The zero-order valence-corrected chi connectivity index (χ0v) is 11.6. The van der Waals surface area contributed by atoms with E-state index in [4.69, 9.17) is 5.73 Å². The predicted molar refractivity (Wildman–Crippen MR) is 75.8 cm³/mol. The van der Waals surface area contributed by atoms with E-state index in [1.54, 1.807) is 0 Å². The number of nitrogen functional groups attached to an aromatic ring is 1. The fraction of sp³-hybridized carbons (Fsp3) is 0.500. The minimum absolute atomic E-state index is 0.544. The van der Waals surface area contributed by atoms with Crippen molar-refractivity contribution in [1.82, 2.24) is 19.5 Å². The van der Waals surface area contributed by atoms with Gasteiger partial charge in [0.05, 0.1) is 5.69 Å². The predicted octanol–water partition coefficient (Wildman–Crippen LogP) is 2.21. The maximum absolute atomic E-state index is 5.84. The van der Waals surface area contributed by atoms with E-state index in [-0.39, 0.29) is 0 Å². The zero-order chi connectivity index (χ0) is 13.7. The number of imidazole rings is 1. The van der Waals surface area contributed by atoms with E-state index in [0.29, 0.717) is 12.2 Å². The van der Waals surface area contributed by atoms with Gasteiger partial charge < -0.3 is 10.3 Å². The number of hydrogen-bond acceptors (Lipinski definition) is 4. The molecule has 0 saturated heterocycles. The van der Waals surface area contributed by atoms with Crippen molar-refractivity contribution in [3.8, 4) is 0 Å². The van der Waals surface area contributed by atoms with E-state index in [9.17, 15) is 0 Å². The van der Waals surface area contributed by atoms with Crippen LogP contribution >= 0.6 is 0 Å². The lowest BCUT2D eigenvalue weighted by Gasteiger charge is -2.07. The van der Waals surface area contributed by atoms with Gasteiger partial charge in [-0.15, -0.1) is 0 Å². The molecule has 0 amide bonds. The summed E-state index contributed by atoms with van der Waals surface area (Å²) in [7, 11) is 0. The summed E-state index contributed by atoms with van der Waals surface area (Å²) in [5.74, 6) is 2.40. The monoisotopic (exact) mass is 259 g/mol. The van der Waals surface area contributed by atoms with Crippen molar-refractivity contribution in [1.29, 1.82) is 0 Å². The molecule has 2 aromatic heterocycles. The van der Waals surface area contributed by atoms with E-state index in [1.807, 2.05) is 18.5 Å². The normalized spacial score (nSPS) is 10.8. The molecule has 0 bridgehead atoms. The second-order valence-electron chi connectivity index (χ2n) is 4.66. The van der Waals surface area contributed by atoms with Crippen LogP contribution in [0.15, 0.2) is 18.5 Å². The lowest BCUT2D eigenvalue weighted by atomic mass is 10.2. The molecular weight excluding hydrogens is 238 g/mol. The van der Waals surface area contributed by atoms with Crippen molar-refractivity contribution in [2.24, 2.45) is 0 Å². The topological polar surface area (TPSA) is 69.6 Å².